The molecular weight excluding hydrogens is 470 g/mol. The average molecular weight is 514 g/mol. The minimum Gasteiger partial charge on any atom is -0.493 e. The third-order valence-corrected chi connectivity index (χ3v) is 9.78. The van der Waals surface area contributed by atoms with E-state index in [-0.39, 0.29) is 42.1 Å². The molecule has 0 spiro atoms. The first-order valence-electron chi connectivity index (χ1n) is 14.2. The van der Waals surface area contributed by atoms with Crippen LogP contribution in [0, 0.1) is 41.4 Å². The maximum absolute atomic E-state index is 13.0. The Morgan fingerprint density at radius 3 is 2.49 bits per heavy atom. The number of aliphatic carboxylic acids is 1. The van der Waals surface area contributed by atoms with Crippen LogP contribution in [-0.4, -0.2) is 55.9 Å². The molecule has 7 heteroatoms. The topological polar surface area (TPSA) is 85.3 Å². The number of carboxylic acid groups (broad SMARTS) is 1. The van der Waals surface area contributed by atoms with E-state index in [1.165, 1.54) is 11.1 Å². The molecule has 7 nitrogen and oxygen atoms in total. The van der Waals surface area contributed by atoms with Gasteiger partial charge in [0.2, 0.25) is 0 Å². The smallest absolute Gasteiger partial charge is 0.307 e. The Hall–Kier alpha value is -2.28. The molecule has 2 aliphatic carbocycles. The molecule has 0 aromatic heterocycles. The van der Waals surface area contributed by atoms with Gasteiger partial charge in [-0.3, -0.25) is 14.5 Å². The number of esters is 1. The lowest BCUT2D eigenvalue weighted by Gasteiger charge is -2.47. The molecule has 37 heavy (non-hydrogen) atoms. The molecule has 5 rings (SSSR count). The Balaban J connectivity index is 1.28. The second-order valence-corrected chi connectivity index (χ2v) is 12.3. The van der Waals surface area contributed by atoms with E-state index in [0.717, 1.165) is 63.1 Å². The predicted molar refractivity (Wildman–Crippen MR) is 140 cm³/mol. The average Bonchev–Trinajstić information content (AvgIpc) is 3.48. The molecule has 1 saturated heterocycles. The second kappa shape index (κ2) is 10.8. The van der Waals surface area contributed by atoms with E-state index in [1.807, 2.05) is 0 Å². The fourth-order valence-corrected chi connectivity index (χ4v) is 8.12. The molecule has 3 fully saturated rings. The summed E-state index contributed by atoms with van der Waals surface area (Å²) < 4.78 is 17.1. The standard InChI is InChI=1S/C30H43NO6/c1-17(2)9-21-15-31-8-7-19-12-26(35-3)27(36-4)13-23(19)25(31)11-22(21)16-37-28(32)14-24-18-5-6-20(10-18)29(24)30(33)34/h12-13,17-18,20-22,24-25,29H,5-11,14-16H2,1-4H3,(H,33,34)/t18?,20?,21-,22+,24?,25-,29?/m1/s1. The number of fused-ring (bicyclic) bond motifs is 5. The van der Waals surface area contributed by atoms with Crippen molar-refractivity contribution < 1.29 is 28.9 Å². The van der Waals surface area contributed by atoms with Crippen LogP contribution >= 0.6 is 0 Å². The number of benzene rings is 1. The maximum atomic E-state index is 13.0. The number of carboxylic acids is 1. The molecule has 1 aromatic rings. The number of carbonyl (C=O) groups is 2. The Labute approximate surface area is 220 Å². The number of nitrogens with zero attached hydrogens (tertiary/aromatic N) is 1. The van der Waals surface area contributed by atoms with E-state index in [4.69, 9.17) is 14.2 Å². The van der Waals surface area contributed by atoms with Crippen LogP contribution in [0.2, 0.25) is 0 Å². The molecule has 2 saturated carbocycles. The van der Waals surface area contributed by atoms with Crippen molar-refractivity contribution in [2.45, 2.75) is 64.8 Å². The normalized spacial score (nSPS) is 32.6. The van der Waals surface area contributed by atoms with Crippen molar-refractivity contribution >= 4 is 11.9 Å². The third kappa shape index (κ3) is 5.21. The van der Waals surface area contributed by atoms with Crippen LogP contribution in [0.3, 0.4) is 0 Å². The van der Waals surface area contributed by atoms with Gasteiger partial charge in [-0.25, -0.2) is 0 Å². The molecular formula is C30H43NO6. The highest BCUT2D eigenvalue weighted by molar-refractivity contribution is 5.75. The van der Waals surface area contributed by atoms with Crippen molar-refractivity contribution in [3.8, 4) is 11.5 Å². The van der Waals surface area contributed by atoms with Gasteiger partial charge in [0, 0.05) is 25.6 Å². The Morgan fingerprint density at radius 2 is 1.78 bits per heavy atom. The van der Waals surface area contributed by atoms with Crippen LogP contribution in [0.25, 0.3) is 0 Å². The van der Waals surface area contributed by atoms with E-state index in [0.29, 0.717) is 24.4 Å². The zero-order valence-corrected chi connectivity index (χ0v) is 22.8. The highest BCUT2D eigenvalue weighted by Crippen LogP contribution is 2.54. The number of methoxy groups -OCH3 is 2. The summed E-state index contributed by atoms with van der Waals surface area (Å²) in [6.07, 6.45) is 6.29. The number of hydrogen-bond donors (Lipinski definition) is 1. The number of carbonyl (C=O) groups excluding carboxylic acids is 1. The van der Waals surface area contributed by atoms with Gasteiger partial charge in [-0.2, -0.15) is 0 Å². The fraction of sp³-hybridized carbons (Fsp3) is 0.733. The Bertz CT molecular complexity index is 1010. The summed E-state index contributed by atoms with van der Waals surface area (Å²) in [7, 11) is 3.36. The van der Waals surface area contributed by atoms with Crippen molar-refractivity contribution in [2.75, 3.05) is 33.9 Å². The van der Waals surface area contributed by atoms with E-state index in [2.05, 4.69) is 30.9 Å². The highest BCUT2D eigenvalue weighted by Gasteiger charge is 2.51. The first-order valence-corrected chi connectivity index (χ1v) is 14.2. The number of ether oxygens (including phenoxy) is 3. The number of piperidine rings is 1. The van der Waals surface area contributed by atoms with Crippen LogP contribution in [0.5, 0.6) is 11.5 Å². The lowest BCUT2D eigenvalue weighted by atomic mass is 9.74. The Kier molecular flexibility index (Phi) is 7.71. The summed E-state index contributed by atoms with van der Waals surface area (Å²) >= 11 is 0. The zero-order valence-electron chi connectivity index (χ0n) is 22.8. The van der Waals surface area contributed by atoms with E-state index in [1.54, 1.807) is 14.2 Å². The second-order valence-electron chi connectivity index (χ2n) is 12.3. The lowest BCUT2D eigenvalue weighted by molar-refractivity contribution is -0.151. The zero-order chi connectivity index (χ0) is 26.3. The number of hydrogen-bond acceptors (Lipinski definition) is 6. The van der Waals surface area contributed by atoms with Crippen LogP contribution in [-0.2, 0) is 20.7 Å². The summed E-state index contributed by atoms with van der Waals surface area (Å²) in [4.78, 5) is 27.5. The van der Waals surface area contributed by atoms with Crippen molar-refractivity contribution in [3.05, 3.63) is 23.3 Å². The van der Waals surface area contributed by atoms with Crippen LogP contribution in [0.15, 0.2) is 12.1 Å². The summed E-state index contributed by atoms with van der Waals surface area (Å²) in [5.74, 6) is 2.06. The van der Waals surface area contributed by atoms with Crippen LogP contribution in [0.4, 0.5) is 0 Å². The van der Waals surface area contributed by atoms with Crippen molar-refractivity contribution in [2.24, 2.45) is 41.4 Å². The van der Waals surface area contributed by atoms with Crippen molar-refractivity contribution in [1.29, 1.82) is 0 Å². The van der Waals surface area contributed by atoms with Gasteiger partial charge in [-0.15, -0.1) is 0 Å². The first-order chi connectivity index (χ1) is 17.8. The van der Waals surface area contributed by atoms with Gasteiger partial charge in [0.25, 0.3) is 0 Å². The largest absolute Gasteiger partial charge is 0.493 e. The van der Waals surface area contributed by atoms with Gasteiger partial charge in [0.05, 0.1) is 26.7 Å². The molecule has 4 aliphatic rings. The minimum absolute atomic E-state index is 0.0651. The van der Waals surface area contributed by atoms with Crippen LogP contribution < -0.4 is 9.47 Å². The maximum Gasteiger partial charge on any atom is 0.307 e. The van der Waals surface area contributed by atoms with E-state index < -0.39 is 5.97 Å². The monoisotopic (exact) mass is 513 g/mol. The Morgan fingerprint density at radius 1 is 1.05 bits per heavy atom. The quantitative estimate of drug-likeness (QED) is 0.467. The molecule has 2 heterocycles. The number of rotatable bonds is 9. The molecule has 2 bridgehead atoms. The van der Waals surface area contributed by atoms with Gasteiger partial charge in [0.15, 0.2) is 11.5 Å². The van der Waals surface area contributed by atoms with Crippen molar-refractivity contribution in [1.82, 2.24) is 4.90 Å². The summed E-state index contributed by atoms with van der Waals surface area (Å²) in [5.41, 5.74) is 2.61. The minimum atomic E-state index is -0.739. The molecule has 0 amide bonds. The molecule has 4 unspecified atom stereocenters. The van der Waals surface area contributed by atoms with Gasteiger partial charge in [0.1, 0.15) is 0 Å². The SMILES string of the molecule is COc1cc2c(cc1OC)[C@H]1C[C@@H](COC(=O)CC3C4CCC(C4)C3C(=O)O)[C@H](CC(C)C)CN1CC2. The summed E-state index contributed by atoms with van der Waals surface area (Å²) in [5, 5.41) is 9.76. The molecule has 0 radical (unpaired) electrons. The molecule has 1 aromatic carbocycles. The highest BCUT2D eigenvalue weighted by atomic mass is 16.5. The van der Waals surface area contributed by atoms with Gasteiger partial charge in [-0.05, 0) is 97.3 Å². The molecule has 2 aliphatic heterocycles. The van der Waals surface area contributed by atoms with Crippen molar-refractivity contribution in [3.63, 3.8) is 0 Å². The van der Waals surface area contributed by atoms with Gasteiger partial charge in [-0.1, -0.05) is 13.8 Å². The molecule has 7 atom stereocenters. The molecule has 204 valence electrons. The first kappa shape index (κ1) is 26.3. The van der Waals surface area contributed by atoms with Gasteiger partial charge < -0.3 is 19.3 Å². The summed E-state index contributed by atoms with van der Waals surface area (Å²) in [6.45, 7) is 6.97. The van der Waals surface area contributed by atoms with Crippen LogP contribution in [0.1, 0.15) is 69.5 Å². The van der Waals surface area contributed by atoms with E-state index in [9.17, 15) is 14.7 Å². The van der Waals surface area contributed by atoms with Gasteiger partial charge >= 0.3 is 11.9 Å². The molecule has 1 N–H and O–H groups in total. The fourth-order valence-electron chi connectivity index (χ4n) is 8.12. The summed E-state index contributed by atoms with van der Waals surface area (Å²) in [6, 6.07) is 4.53. The van der Waals surface area contributed by atoms with E-state index >= 15 is 0 Å². The lowest BCUT2D eigenvalue weighted by Crippen LogP contribution is -2.47. The third-order valence-electron chi connectivity index (χ3n) is 9.78. The predicted octanol–water partition coefficient (Wildman–Crippen LogP) is 4.97.